The first kappa shape index (κ1) is 15.8. The molecule has 1 aromatic rings. The number of anilines is 1. The van der Waals surface area contributed by atoms with E-state index in [9.17, 15) is 14.4 Å². The highest BCUT2D eigenvalue weighted by molar-refractivity contribution is 6.33. The Labute approximate surface area is 120 Å². The molecule has 0 saturated carbocycles. The third kappa shape index (κ3) is 5.15. The topological polar surface area (TPSA) is 108 Å². The minimum absolute atomic E-state index is 0.0918. The predicted molar refractivity (Wildman–Crippen MR) is 74.1 cm³/mol. The molecular weight excluding hydrogens is 286 g/mol. The number of carbonyl (C=O) groups excluding carboxylic acids is 2. The maximum atomic E-state index is 11.5. The van der Waals surface area contributed by atoms with Crippen molar-refractivity contribution in [3.63, 3.8) is 0 Å². The molecule has 8 heteroatoms. The van der Waals surface area contributed by atoms with Crippen LogP contribution in [0.4, 0.5) is 10.5 Å². The average Bonchev–Trinajstić information content (AvgIpc) is 2.36. The number of halogens is 1. The van der Waals surface area contributed by atoms with E-state index in [2.05, 4.69) is 16.0 Å². The number of aromatic carboxylic acids is 1. The number of rotatable bonds is 5. The van der Waals surface area contributed by atoms with Crippen molar-refractivity contribution in [3.8, 4) is 0 Å². The number of amides is 3. The van der Waals surface area contributed by atoms with E-state index in [4.69, 9.17) is 16.7 Å². The third-order valence-electron chi connectivity index (χ3n) is 2.24. The van der Waals surface area contributed by atoms with Crippen LogP contribution >= 0.6 is 11.6 Å². The van der Waals surface area contributed by atoms with Crippen LogP contribution in [0.15, 0.2) is 18.2 Å². The van der Waals surface area contributed by atoms with Crippen molar-refractivity contribution in [1.29, 1.82) is 0 Å². The maximum absolute atomic E-state index is 11.5. The molecule has 0 aliphatic carbocycles. The van der Waals surface area contributed by atoms with Gasteiger partial charge in [-0.05, 0) is 18.2 Å². The molecule has 1 rings (SSSR count). The van der Waals surface area contributed by atoms with Crippen molar-refractivity contribution in [1.82, 2.24) is 10.6 Å². The third-order valence-corrected chi connectivity index (χ3v) is 2.57. The number of carbonyl (C=O) groups is 3. The molecule has 0 radical (unpaired) electrons. The van der Waals surface area contributed by atoms with Crippen LogP contribution in [0.5, 0.6) is 0 Å². The lowest BCUT2D eigenvalue weighted by Gasteiger charge is -2.09. The van der Waals surface area contributed by atoms with E-state index in [-0.39, 0.29) is 23.0 Å². The maximum Gasteiger partial charge on any atom is 0.337 e. The van der Waals surface area contributed by atoms with Crippen LogP contribution in [0.2, 0.25) is 5.02 Å². The molecule has 108 valence electrons. The van der Waals surface area contributed by atoms with Gasteiger partial charge >= 0.3 is 12.0 Å². The van der Waals surface area contributed by atoms with Crippen LogP contribution in [0.25, 0.3) is 0 Å². The van der Waals surface area contributed by atoms with Gasteiger partial charge in [-0.15, -0.1) is 0 Å². The summed E-state index contributed by atoms with van der Waals surface area (Å²) >= 11 is 5.71. The Morgan fingerprint density at radius 3 is 2.45 bits per heavy atom. The molecule has 0 spiro atoms. The van der Waals surface area contributed by atoms with Crippen LogP contribution in [0.3, 0.4) is 0 Å². The van der Waals surface area contributed by atoms with E-state index in [0.29, 0.717) is 12.2 Å². The quantitative estimate of drug-likeness (QED) is 0.615. The van der Waals surface area contributed by atoms with Gasteiger partial charge in [-0.25, -0.2) is 9.59 Å². The SMILES string of the molecule is CC(=O)NCCNC(=O)Nc1ccc(Cl)c(C(=O)O)c1. The van der Waals surface area contributed by atoms with Crippen LogP contribution in [0, 0.1) is 0 Å². The summed E-state index contributed by atoms with van der Waals surface area (Å²) < 4.78 is 0. The highest BCUT2D eigenvalue weighted by Gasteiger charge is 2.10. The van der Waals surface area contributed by atoms with Crippen LogP contribution in [-0.4, -0.2) is 36.1 Å². The summed E-state index contributed by atoms with van der Waals surface area (Å²) in [7, 11) is 0. The molecule has 20 heavy (non-hydrogen) atoms. The fraction of sp³-hybridized carbons (Fsp3) is 0.250. The lowest BCUT2D eigenvalue weighted by atomic mass is 10.2. The van der Waals surface area contributed by atoms with Crippen LogP contribution in [-0.2, 0) is 4.79 Å². The van der Waals surface area contributed by atoms with E-state index in [0.717, 1.165) is 0 Å². The van der Waals surface area contributed by atoms with Gasteiger partial charge in [0.05, 0.1) is 10.6 Å². The van der Waals surface area contributed by atoms with Crippen molar-refractivity contribution in [3.05, 3.63) is 28.8 Å². The molecule has 1 aromatic carbocycles. The Balaban J connectivity index is 2.52. The first-order valence-corrected chi connectivity index (χ1v) is 6.10. The van der Waals surface area contributed by atoms with E-state index in [1.165, 1.54) is 25.1 Å². The number of hydrogen-bond acceptors (Lipinski definition) is 3. The highest BCUT2D eigenvalue weighted by atomic mass is 35.5. The standard InChI is InChI=1S/C12H14ClN3O4/c1-7(17)14-4-5-15-12(20)16-8-2-3-10(13)9(6-8)11(18)19/h2-3,6H,4-5H2,1H3,(H,14,17)(H,18,19)(H2,15,16,20). The number of carboxylic acid groups (broad SMARTS) is 1. The molecule has 7 nitrogen and oxygen atoms in total. The zero-order valence-electron chi connectivity index (χ0n) is 10.7. The second-order valence-corrected chi connectivity index (χ2v) is 4.27. The van der Waals surface area contributed by atoms with Crippen molar-refractivity contribution in [2.75, 3.05) is 18.4 Å². The first-order valence-electron chi connectivity index (χ1n) is 5.72. The Morgan fingerprint density at radius 2 is 1.85 bits per heavy atom. The van der Waals surface area contributed by atoms with E-state index in [1.807, 2.05) is 0 Å². The largest absolute Gasteiger partial charge is 0.478 e. The highest BCUT2D eigenvalue weighted by Crippen LogP contribution is 2.20. The molecule has 0 aliphatic heterocycles. The van der Waals surface area contributed by atoms with E-state index in [1.54, 1.807) is 0 Å². The molecule has 4 N–H and O–H groups in total. The minimum atomic E-state index is -1.18. The molecule has 0 aliphatic rings. The Hall–Kier alpha value is -2.28. The summed E-state index contributed by atoms with van der Waals surface area (Å²) in [6, 6.07) is 3.63. The van der Waals surface area contributed by atoms with E-state index >= 15 is 0 Å². The fourth-order valence-electron chi connectivity index (χ4n) is 1.36. The smallest absolute Gasteiger partial charge is 0.337 e. The number of benzene rings is 1. The van der Waals surface area contributed by atoms with Gasteiger partial charge in [-0.3, -0.25) is 4.79 Å². The molecular formula is C12H14ClN3O4. The first-order chi connectivity index (χ1) is 9.40. The summed E-state index contributed by atoms with van der Waals surface area (Å²) in [5.41, 5.74) is 0.214. The van der Waals surface area contributed by atoms with Crippen molar-refractivity contribution >= 4 is 35.2 Å². The zero-order chi connectivity index (χ0) is 15.1. The number of urea groups is 1. The lowest BCUT2D eigenvalue weighted by molar-refractivity contribution is -0.118. The van der Waals surface area contributed by atoms with Gasteiger partial charge in [0.1, 0.15) is 0 Å². The molecule has 3 amide bonds. The van der Waals surface area contributed by atoms with Crippen molar-refractivity contribution in [2.45, 2.75) is 6.92 Å². The molecule has 0 fully saturated rings. The number of hydrogen-bond donors (Lipinski definition) is 4. The van der Waals surface area contributed by atoms with Crippen molar-refractivity contribution < 1.29 is 19.5 Å². The second kappa shape index (κ2) is 7.34. The van der Waals surface area contributed by atoms with Gasteiger partial charge in [0, 0.05) is 25.7 Å². The molecule has 0 unspecified atom stereocenters. The Bertz CT molecular complexity index is 533. The lowest BCUT2D eigenvalue weighted by Crippen LogP contribution is -2.36. The molecule has 0 saturated heterocycles. The summed E-state index contributed by atoms with van der Waals surface area (Å²) in [6.07, 6.45) is 0. The summed E-state index contributed by atoms with van der Waals surface area (Å²) in [4.78, 5) is 33.0. The normalized spacial score (nSPS) is 9.70. The van der Waals surface area contributed by atoms with Crippen LogP contribution in [0.1, 0.15) is 17.3 Å². The summed E-state index contributed by atoms with van der Waals surface area (Å²) in [5, 5.41) is 16.5. The Morgan fingerprint density at radius 1 is 1.20 bits per heavy atom. The molecule has 0 atom stereocenters. The van der Waals surface area contributed by atoms with Gasteiger partial charge in [0.2, 0.25) is 5.91 Å². The average molecular weight is 300 g/mol. The predicted octanol–water partition coefficient (Wildman–Crippen LogP) is 1.30. The van der Waals surface area contributed by atoms with Gasteiger partial charge < -0.3 is 21.1 Å². The summed E-state index contributed by atoms with van der Waals surface area (Å²) in [5.74, 6) is -1.36. The number of carboxylic acids is 1. The monoisotopic (exact) mass is 299 g/mol. The molecule has 0 bridgehead atoms. The van der Waals surface area contributed by atoms with Gasteiger partial charge in [0.15, 0.2) is 0 Å². The van der Waals surface area contributed by atoms with Gasteiger partial charge in [-0.2, -0.15) is 0 Å². The van der Waals surface area contributed by atoms with Gasteiger partial charge in [0.25, 0.3) is 0 Å². The minimum Gasteiger partial charge on any atom is -0.478 e. The number of nitrogens with one attached hydrogen (secondary N) is 3. The fourth-order valence-corrected chi connectivity index (χ4v) is 1.56. The van der Waals surface area contributed by atoms with Crippen molar-refractivity contribution in [2.24, 2.45) is 0 Å². The van der Waals surface area contributed by atoms with Gasteiger partial charge in [-0.1, -0.05) is 11.6 Å². The Kier molecular flexibility index (Phi) is 5.79. The second-order valence-electron chi connectivity index (χ2n) is 3.86. The molecule has 0 aromatic heterocycles. The molecule has 0 heterocycles. The summed E-state index contributed by atoms with van der Waals surface area (Å²) in [6.45, 7) is 1.94. The van der Waals surface area contributed by atoms with Crippen LogP contribution < -0.4 is 16.0 Å². The zero-order valence-corrected chi connectivity index (χ0v) is 11.5. The van der Waals surface area contributed by atoms with E-state index < -0.39 is 12.0 Å².